The Bertz CT molecular complexity index is 585. The smallest absolute Gasteiger partial charge is 0.201 e. The Morgan fingerprint density at radius 2 is 2.10 bits per heavy atom. The predicted octanol–water partition coefficient (Wildman–Crippen LogP) is 3.60. The first kappa shape index (κ1) is 13.3. The largest absolute Gasteiger partial charge is 0.494 e. The fourth-order valence-electron chi connectivity index (χ4n) is 3.33. The van der Waals surface area contributed by atoms with E-state index in [0.29, 0.717) is 5.95 Å². The van der Waals surface area contributed by atoms with Crippen molar-refractivity contribution in [2.45, 2.75) is 45.1 Å². The molecule has 0 saturated heterocycles. The average molecular weight is 273 g/mol. The van der Waals surface area contributed by atoms with Gasteiger partial charge in [-0.25, -0.2) is 4.98 Å². The van der Waals surface area contributed by atoms with E-state index in [9.17, 15) is 0 Å². The molecule has 1 fully saturated rings. The van der Waals surface area contributed by atoms with E-state index >= 15 is 0 Å². The Labute approximate surface area is 119 Å². The molecule has 4 heteroatoms. The average Bonchev–Trinajstić information content (AvgIpc) is 2.81. The van der Waals surface area contributed by atoms with Crippen LogP contribution in [0.4, 0.5) is 5.95 Å². The van der Waals surface area contributed by atoms with Crippen molar-refractivity contribution in [1.29, 1.82) is 0 Å². The summed E-state index contributed by atoms with van der Waals surface area (Å²) in [6.45, 7) is 0.958. The summed E-state index contributed by atoms with van der Waals surface area (Å²) in [5.74, 6) is 2.25. The molecule has 1 aliphatic carbocycles. The minimum absolute atomic E-state index is 0.598. The number of nitrogens with two attached hydrogens (primary N) is 1. The maximum atomic E-state index is 6.09. The number of fused-ring (bicyclic) bond motifs is 1. The SMILES string of the molecule is COc1cccc2c1nc(N)n2CCC1CCCCC1. The van der Waals surface area contributed by atoms with Gasteiger partial charge in [0.15, 0.2) is 0 Å². The molecule has 3 rings (SSSR count). The van der Waals surface area contributed by atoms with Crippen LogP contribution in [-0.2, 0) is 6.54 Å². The lowest BCUT2D eigenvalue weighted by Crippen LogP contribution is -2.11. The van der Waals surface area contributed by atoms with Crippen LogP contribution >= 0.6 is 0 Å². The predicted molar refractivity (Wildman–Crippen MR) is 81.9 cm³/mol. The van der Waals surface area contributed by atoms with E-state index in [1.807, 2.05) is 12.1 Å². The lowest BCUT2D eigenvalue weighted by molar-refractivity contribution is 0.326. The Morgan fingerprint density at radius 1 is 1.30 bits per heavy atom. The molecule has 1 aromatic heterocycles. The van der Waals surface area contributed by atoms with Crippen molar-refractivity contribution in [3.63, 3.8) is 0 Å². The number of ether oxygens (including phenoxy) is 1. The van der Waals surface area contributed by atoms with E-state index in [4.69, 9.17) is 10.5 Å². The molecule has 1 saturated carbocycles. The number of hydrogen-bond acceptors (Lipinski definition) is 3. The summed E-state index contributed by atoms with van der Waals surface area (Å²) in [6, 6.07) is 6.00. The van der Waals surface area contributed by atoms with Gasteiger partial charge in [0.2, 0.25) is 5.95 Å². The minimum atomic E-state index is 0.598. The lowest BCUT2D eigenvalue weighted by atomic mass is 9.87. The van der Waals surface area contributed by atoms with Crippen molar-refractivity contribution >= 4 is 17.0 Å². The van der Waals surface area contributed by atoms with Crippen LogP contribution in [0.2, 0.25) is 0 Å². The van der Waals surface area contributed by atoms with Crippen LogP contribution in [0.25, 0.3) is 11.0 Å². The molecule has 0 aliphatic heterocycles. The van der Waals surface area contributed by atoms with Crippen LogP contribution in [0.15, 0.2) is 18.2 Å². The Kier molecular flexibility index (Phi) is 3.81. The van der Waals surface area contributed by atoms with Crippen LogP contribution in [0, 0.1) is 5.92 Å². The second-order valence-electron chi connectivity index (χ2n) is 5.74. The van der Waals surface area contributed by atoms with Gasteiger partial charge in [-0.3, -0.25) is 0 Å². The highest BCUT2D eigenvalue weighted by Crippen LogP contribution is 2.30. The summed E-state index contributed by atoms with van der Waals surface area (Å²) in [5, 5.41) is 0. The fraction of sp³-hybridized carbons (Fsp3) is 0.562. The number of benzene rings is 1. The first-order valence-corrected chi connectivity index (χ1v) is 7.58. The van der Waals surface area contributed by atoms with E-state index in [1.54, 1.807) is 7.11 Å². The number of para-hydroxylation sites is 1. The summed E-state index contributed by atoms with van der Waals surface area (Å²) in [7, 11) is 1.67. The van der Waals surface area contributed by atoms with E-state index < -0.39 is 0 Å². The minimum Gasteiger partial charge on any atom is -0.494 e. The van der Waals surface area contributed by atoms with Crippen LogP contribution < -0.4 is 10.5 Å². The molecule has 20 heavy (non-hydrogen) atoms. The van der Waals surface area contributed by atoms with Gasteiger partial charge >= 0.3 is 0 Å². The number of rotatable bonds is 4. The van der Waals surface area contributed by atoms with E-state index in [0.717, 1.165) is 29.2 Å². The topological polar surface area (TPSA) is 53.1 Å². The first-order chi connectivity index (χ1) is 9.79. The van der Waals surface area contributed by atoms with Gasteiger partial charge < -0.3 is 15.0 Å². The Hall–Kier alpha value is -1.71. The first-order valence-electron chi connectivity index (χ1n) is 7.58. The molecule has 108 valence electrons. The molecule has 2 N–H and O–H groups in total. The summed E-state index contributed by atoms with van der Waals surface area (Å²) in [5.41, 5.74) is 8.04. The zero-order chi connectivity index (χ0) is 13.9. The Morgan fingerprint density at radius 3 is 2.85 bits per heavy atom. The normalized spacial score (nSPS) is 16.6. The molecule has 1 aromatic carbocycles. The van der Waals surface area contributed by atoms with Gasteiger partial charge in [-0.1, -0.05) is 38.2 Å². The molecular formula is C16H23N3O. The number of hydrogen-bond donors (Lipinski definition) is 1. The summed E-state index contributed by atoms with van der Waals surface area (Å²) in [6.07, 6.45) is 8.12. The fourth-order valence-corrected chi connectivity index (χ4v) is 3.33. The molecule has 4 nitrogen and oxygen atoms in total. The molecule has 0 atom stereocenters. The summed E-state index contributed by atoms with van der Waals surface area (Å²) >= 11 is 0. The third-order valence-electron chi connectivity index (χ3n) is 4.48. The molecule has 0 radical (unpaired) electrons. The number of methoxy groups -OCH3 is 1. The highest BCUT2D eigenvalue weighted by atomic mass is 16.5. The highest BCUT2D eigenvalue weighted by molar-refractivity contribution is 5.84. The van der Waals surface area contributed by atoms with Crippen molar-refractivity contribution < 1.29 is 4.74 Å². The maximum Gasteiger partial charge on any atom is 0.201 e. The van der Waals surface area contributed by atoms with E-state index in [2.05, 4.69) is 15.6 Å². The zero-order valence-electron chi connectivity index (χ0n) is 12.1. The Balaban J connectivity index is 1.82. The molecular weight excluding hydrogens is 250 g/mol. The third-order valence-corrected chi connectivity index (χ3v) is 4.48. The molecule has 0 amide bonds. The van der Waals surface area contributed by atoms with Gasteiger partial charge in [-0.15, -0.1) is 0 Å². The van der Waals surface area contributed by atoms with Gasteiger partial charge in [-0.05, 0) is 24.5 Å². The molecule has 0 bridgehead atoms. The molecule has 0 spiro atoms. The van der Waals surface area contributed by atoms with Gasteiger partial charge in [0.1, 0.15) is 11.3 Å². The number of aryl methyl sites for hydroxylation is 1. The number of imidazole rings is 1. The molecule has 1 aliphatic rings. The quantitative estimate of drug-likeness (QED) is 0.926. The molecule has 1 heterocycles. The number of anilines is 1. The van der Waals surface area contributed by atoms with Crippen molar-refractivity contribution in [2.24, 2.45) is 5.92 Å². The van der Waals surface area contributed by atoms with Crippen molar-refractivity contribution in [3.8, 4) is 5.75 Å². The summed E-state index contributed by atoms with van der Waals surface area (Å²) < 4.78 is 7.49. The second kappa shape index (κ2) is 5.73. The lowest BCUT2D eigenvalue weighted by Gasteiger charge is -2.21. The number of aromatic nitrogens is 2. The zero-order valence-corrected chi connectivity index (χ0v) is 12.1. The van der Waals surface area contributed by atoms with Crippen molar-refractivity contribution in [2.75, 3.05) is 12.8 Å². The standard InChI is InChI=1S/C16H23N3O/c1-20-14-9-5-8-13-15(14)18-16(17)19(13)11-10-12-6-3-2-4-7-12/h5,8-9,12H,2-4,6-7,10-11H2,1H3,(H2,17,18). The van der Waals surface area contributed by atoms with Crippen LogP contribution in [0.1, 0.15) is 38.5 Å². The van der Waals surface area contributed by atoms with Gasteiger partial charge in [0.25, 0.3) is 0 Å². The number of nitrogen functional groups attached to an aromatic ring is 1. The van der Waals surface area contributed by atoms with Crippen molar-refractivity contribution in [3.05, 3.63) is 18.2 Å². The summed E-state index contributed by atoms with van der Waals surface area (Å²) in [4.78, 5) is 4.46. The highest BCUT2D eigenvalue weighted by Gasteiger charge is 2.16. The van der Waals surface area contributed by atoms with Gasteiger partial charge in [0, 0.05) is 6.54 Å². The third kappa shape index (κ3) is 2.47. The van der Waals surface area contributed by atoms with Crippen LogP contribution in [0.3, 0.4) is 0 Å². The van der Waals surface area contributed by atoms with Crippen molar-refractivity contribution in [1.82, 2.24) is 9.55 Å². The van der Waals surface area contributed by atoms with Gasteiger partial charge in [0.05, 0.1) is 12.6 Å². The van der Waals surface area contributed by atoms with Gasteiger partial charge in [-0.2, -0.15) is 0 Å². The molecule has 2 aromatic rings. The van der Waals surface area contributed by atoms with E-state index in [1.165, 1.54) is 38.5 Å². The number of nitrogens with zero attached hydrogens (tertiary/aromatic N) is 2. The maximum absolute atomic E-state index is 6.09. The molecule has 0 unspecified atom stereocenters. The van der Waals surface area contributed by atoms with E-state index in [-0.39, 0.29) is 0 Å². The monoisotopic (exact) mass is 273 g/mol. The van der Waals surface area contributed by atoms with Crippen LogP contribution in [0.5, 0.6) is 5.75 Å². The van der Waals surface area contributed by atoms with Crippen LogP contribution in [-0.4, -0.2) is 16.7 Å². The second-order valence-corrected chi connectivity index (χ2v) is 5.74.